The first kappa shape index (κ1) is 97.6. The Kier molecular flexibility index (Phi) is 54.1. The molecule has 1 aliphatic heterocycles. The van der Waals surface area contributed by atoms with Crippen LogP contribution in [0.4, 0.5) is 24.0 Å². The number of primary amides is 1. The molecule has 0 spiro atoms. The van der Waals surface area contributed by atoms with Gasteiger partial charge in [0.05, 0.1) is 53.1 Å². The van der Waals surface area contributed by atoms with Gasteiger partial charge >= 0.3 is 66.2 Å². The predicted octanol–water partition coefficient (Wildman–Crippen LogP) is 0.367. The Morgan fingerprint density at radius 1 is 0.463 bits per heavy atom. The van der Waals surface area contributed by atoms with Crippen LogP contribution in [-0.4, -0.2) is 250 Å². The van der Waals surface area contributed by atoms with Crippen molar-refractivity contribution >= 4 is 133 Å². The fraction of sp³-hybridized carbons (Fsp3) is 0.373. The number of carbonyl (C=O) groups is 16. The maximum Gasteiger partial charge on any atom is 0.516 e. The number of quaternary nitrogens is 1. The van der Waals surface area contributed by atoms with Crippen molar-refractivity contribution in [3.05, 3.63) is 143 Å². The summed E-state index contributed by atoms with van der Waals surface area (Å²) in [5.41, 5.74) is 6.78. The van der Waals surface area contributed by atoms with Crippen LogP contribution in [0.15, 0.2) is 119 Å². The van der Waals surface area contributed by atoms with Crippen molar-refractivity contribution in [2.75, 3.05) is 125 Å². The number of aliphatic imine (C=N–C) groups is 2. The molecule has 1 saturated heterocycles. The predicted molar refractivity (Wildman–Crippen MR) is 382 cm³/mol. The summed E-state index contributed by atoms with van der Waals surface area (Å²) in [6.45, 7) is 13.7. The third kappa shape index (κ3) is 47.8. The van der Waals surface area contributed by atoms with Crippen LogP contribution < -0.4 is 42.5 Å². The van der Waals surface area contributed by atoms with Crippen molar-refractivity contribution in [3.63, 3.8) is 0 Å². The van der Waals surface area contributed by atoms with Crippen molar-refractivity contribution in [1.82, 2.24) is 31.9 Å². The van der Waals surface area contributed by atoms with Crippen molar-refractivity contribution in [1.29, 1.82) is 0 Å². The molecule has 1 heterocycles. The van der Waals surface area contributed by atoms with Crippen LogP contribution in [0, 0.1) is 0 Å². The molecule has 41 heteroatoms. The standard InChI is InChI=1S/C27H35N5O11.C20H21N3O10.C12H14O6.C4H5NO2.C4H7NO.HI.H2/c1-17(2)21(33)28-9-11-30-26(38)42-15-13-40-23(35)19-5-7-20(8-6-19)24(36)41-14-16-43-27(39)31-12-10-29-25(37)32-22(34)18(3)4;24-7-1-6-21-19(28)32-10-8-30-17(26)14-2-4-15(5-3-14)18(27)31-9-11-33-20(29)23-12-16(23)22-13-25;13-5-7-17-11(15)9-1-2-10(4-3-9)12(16)18-8-6-14;6-3-1-2-5-4-7;1-3(2)4(5)6;;/h5-8H,1,3,9-16H2,2,4H3,(H,28,33)(H,30,38)(H,31,39)(H2,29,32,34,37);2-5,7,16H,1,6,8-12H2,(H,21,28);1-4,13-14H,5-8H2;3H,1-2H2;1H2,2H3,(H2,5,6);2*1H/p+1. The number of aldehydes is 2. The minimum atomic E-state index is -0.811. The molecule has 108 heavy (non-hydrogen) atoms. The van der Waals surface area contributed by atoms with E-state index in [4.69, 9.17) is 63.3 Å². The molecule has 590 valence electrons. The average molecular weight is 1640 g/mol. The highest BCUT2D eigenvalue weighted by atomic mass is 127. The lowest BCUT2D eigenvalue weighted by Gasteiger charge is -2.09. The highest BCUT2D eigenvalue weighted by Crippen LogP contribution is 2.11. The molecule has 0 aromatic heterocycles. The zero-order valence-electron chi connectivity index (χ0n) is 58.8. The summed E-state index contributed by atoms with van der Waals surface area (Å²) in [7, 11) is 0. The number of urea groups is 1. The summed E-state index contributed by atoms with van der Waals surface area (Å²) in [5.74, 6) is -5.31. The second kappa shape index (κ2) is 59.9. The lowest BCUT2D eigenvalue weighted by molar-refractivity contribution is -0.690. The number of nitrogens with zero attached hydrogens (tertiary/aromatic N) is 2. The number of isocyanates is 2. The van der Waals surface area contributed by atoms with Crippen LogP contribution in [0.2, 0.25) is 0 Å². The maximum absolute atomic E-state index is 12.1. The second-order valence-corrected chi connectivity index (χ2v) is 20.3. The largest absolute Gasteiger partial charge is 0.516 e. The van der Waals surface area contributed by atoms with Crippen LogP contribution in [0.1, 0.15) is 97.2 Å². The maximum atomic E-state index is 12.1. The van der Waals surface area contributed by atoms with E-state index in [1.807, 2.05) is 5.32 Å². The first-order chi connectivity index (χ1) is 51.1. The number of hydrogen-bond donors (Lipinski definition) is 10. The van der Waals surface area contributed by atoms with Crippen LogP contribution in [0.5, 0.6) is 0 Å². The van der Waals surface area contributed by atoms with Gasteiger partial charge in [0.15, 0.2) is 6.54 Å². The number of benzene rings is 3. The number of ether oxygens (including phenoxy) is 10. The number of carbonyl (C=O) groups excluding carboxylic acids is 18. The number of nitrogens with two attached hydrogens (primary N) is 1. The van der Waals surface area contributed by atoms with Gasteiger partial charge in [-0.1, -0.05) is 19.7 Å². The molecule has 1 fully saturated rings. The summed E-state index contributed by atoms with van der Waals surface area (Å²) in [6.07, 6.45) is 1.19. The molecule has 0 bridgehead atoms. The monoisotopic (exact) mass is 1640 g/mol. The van der Waals surface area contributed by atoms with Gasteiger partial charge in [0.1, 0.15) is 78.6 Å². The molecule has 9 amide bonds. The first-order valence-corrected chi connectivity index (χ1v) is 31.5. The van der Waals surface area contributed by atoms with Gasteiger partial charge in [-0.25, -0.2) is 62.5 Å². The highest BCUT2D eigenvalue weighted by molar-refractivity contribution is 14.0. The van der Waals surface area contributed by atoms with Gasteiger partial charge in [0.25, 0.3) is 12.1 Å². The van der Waals surface area contributed by atoms with Crippen molar-refractivity contribution in [2.45, 2.75) is 39.8 Å². The fourth-order valence-corrected chi connectivity index (χ4v) is 6.36. The Balaban J connectivity index is -0.00000149. The number of hydrogen-bond acceptors (Lipinski definition) is 32. The molecule has 40 nitrogen and oxygen atoms in total. The number of halogens is 1. The van der Waals surface area contributed by atoms with Crippen molar-refractivity contribution < 1.29 is 150 Å². The zero-order valence-corrected chi connectivity index (χ0v) is 61.2. The van der Waals surface area contributed by atoms with Gasteiger partial charge in [-0.2, -0.15) is 9.69 Å². The molecule has 11 N–H and O–H groups in total. The number of amides is 9. The van der Waals surface area contributed by atoms with E-state index in [-0.39, 0.29) is 195 Å². The van der Waals surface area contributed by atoms with Crippen LogP contribution >= 0.6 is 24.0 Å². The molecular weight excluding hydrogens is 1550 g/mol. The lowest BCUT2D eigenvalue weighted by atomic mass is 10.1. The Morgan fingerprint density at radius 3 is 1.07 bits per heavy atom. The number of nitrogens with one attached hydrogen (secondary N) is 7. The summed E-state index contributed by atoms with van der Waals surface area (Å²) in [5, 5.41) is 31.0. The molecule has 0 aliphatic carbocycles. The summed E-state index contributed by atoms with van der Waals surface area (Å²) < 4.78 is 48.8. The lowest BCUT2D eigenvalue weighted by Crippen LogP contribution is -2.97. The average Bonchev–Trinajstić information content (AvgIpc) is 1.69. The zero-order chi connectivity index (χ0) is 80.3. The third-order valence-electron chi connectivity index (χ3n) is 11.8. The Hall–Kier alpha value is -12.4. The second-order valence-electron chi connectivity index (χ2n) is 20.3. The third-order valence-corrected chi connectivity index (χ3v) is 11.8. The molecular formula is C67H86IN10O30+. The van der Waals surface area contributed by atoms with Crippen LogP contribution in [0.3, 0.4) is 0 Å². The Morgan fingerprint density at radius 2 is 0.769 bits per heavy atom. The van der Waals surface area contributed by atoms with Gasteiger partial charge < -0.3 is 99.5 Å². The molecule has 2 unspecified atom stereocenters. The van der Waals surface area contributed by atoms with E-state index < -0.39 is 84.2 Å². The van der Waals surface area contributed by atoms with E-state index in [0.29, 0.717) is 41.6 Å². The van der Waals surface area contributed by atoms with Gasteiger partial charge in [0.2, 0.25) is 24.0 Å². The van der Waals surface area contributed by atoms with E-state index in [2.05, 4.69) is 56.3 Å². The van der Waals surface area contributed by atoms with E-state index >= 15 is 0 Å². The van der Waals surface area contributed by atoms with E-state index in [9.17, 15) is 86.3 Å². The summed E-state index contributed by atoms with van der Waals surface area (Å²) in [6, 6.07) is 15.8. The molecule has 2 atom stereocenters. The normalized spacial score (nSPS) is 11.3. The number of aliphatic hydroxyl groups is 2. The Labute approximate surface area is 635 Å². The summed E-state index contributed by atoms with van der Waals surface area (Å²) >= 11 is 0. The SMILES string of the molecule is C=C(C)C(=O)NCCNC(=O)OCCOC(=O)c1ccc(C(=O)OCCOC(=O)NCCNC(=O)NC(=O)C(=C)C)cc1.C=C(C)C(N)=O.I.O=C(OCCO)c1ccc(C(=O)OCCO)cc1.O=C=NC1C[NH+]1C(=O)OCCOC(=O)c1ccc(C(=O)OCCOC(=O)NCCC=O)cc1.O=C=NCCC=O.[HH]. The first-order valence-electron chi connectivity index (χ1n) is 31.5. The highest BCUT2D eigenvalue weighted by Gasteiger charge is 2.48. The van der Waals surface area contributed by atoms with Crippen LogP contribution in [0.25, 0.3) is 0 Å². The number of alkyl carbamates (subject to hydrolysis) is 5. The van der Waals surface area contributed by atoms with Crippen molar-refractivity contribution in [2.24, 2.45) is 15.7 Å². The molecule has 1 aliphatic rings. The van der Waals surface area contributed by atoms with Gasteiger partial charge in [-0.15, -0.1) is 29.0 Å². The quantitative estimate of drug-likeness (QED) is 0.00426. The molecule has 3 aromatic carbocycles. The minimum absolute atomic E-state index is 0. The van der Waals surface area contributed by atoms with Crippen molar-refractivity contribution in [3.8, 4) is 0 Å². The van der Waals surface area contributed by atoms with E-state index in [1.165, 1.54) is 91.9 Å². The van der Waals surface area contributed by atoms with Gasteiger partial charge in [-0.05, 0) is 93.6 Å². The smallest absolute Gasteiger partial charge is 0.460 e. The topological polar surface area (TPSA) is 567 Å². The van der Waals surface area contributed by atoms with Crippen LogP contribution in [-0.2, 0) is 80.9 Å². The number of imide groups is 1. The Bertz CT molecular complexity index is 3560. The number of esters is 6. The van der Waals surface area contributed by atoms with E-state index in [1.54, 1.807) is 13.8 Å². The summed E-state index contributed by atoms with van der Waals surface area (Å²) in [4.78, 5) is 207. The van der Waals surface area contributed by atoms with E-state index in [0.717, 1.165) is 0 Å². The molecule has 4 rings (SSSR count). The minimum Gasteiger partial charge on any atom is -0.460 e. The molecule has 3 aromatic rings. The number of aliphatic hydroxyl groups excluding tert-OH is 2. The molecule has 0 radical (unpaired) electrons. The number of rotatable bonds is 38. The molecule has 0 saturated carbocycles. The van der Waals surface area contributed by atoms with Gasteiger partial charge in [0, 0.05) is 63.7 Å². The van der Waals surface area contributed by atoms with Gasteiger partial charge in [-0.3, -0.25) is 19.7 Å². The fourth-order valence-electron chi connectivity index (χ4n) is 6.36.